The van der Waals surface area contributed by atoms with E-state index < -0.39 is 29.9 Å². The highest BCUT2D eigenvalue weighted by molar-refractivity contribution is 5.35. The van der Waals surface area contributed by atoms with E-state index in [0.717, 1.165) is 12.1 Å². The molecule has 108 valence electrons. The van der Waals surface area contributed by atoms with Crippen molar-refractivity contribution >= 4 is 0 Å². The first-order valence-corrected chi connectivity index (χ1v) is 5.98. The van der Waals surface area contributed by atoms with Gasteiger partial charge in [0.2, 0.25) is 11.6 Å². The van der Waals surface area contributed by atoms with Crippen molar-refractivity contribution < 1.29 is 27.0 Å². The van der Waals surface area contributed by atoms with Crippen molar-refractivity contribution in [2.75, 3.05) is 0 Å². The van der Waals surface area contributed by atoms with Crippen molar-refractivity contribution in [2.45, 2.75) is 45.8 Å². The molecule has 0 aliphatic rings. The van der Waals surface area contributed by atoms with Gasteiger partial charge in [-0.3, -0.25) is 0 Å². The van der Waals surface area contributed by atoms with Gasteiger partial charge in [0.25, 0.3) is 0 Å². The van der Waals surface area contributed by atoms with Crippen molar-refractivity contribution in [3.05, 3.63) is 23.8 Å². The third-order valence-electron chi connectivity index (χ3n) is 2.17. The second-order valence-electron chi connectivity index (χ2n) is 4.35. The van der Waals surface area contributed by atoms with E-state index in [9.17, 15) is 17.6 Å². The molecule has 0 bridgehead atoms. The minimum Gasteiger partial charge on any atom is -0.488 e. The zero-order valence-corrected chi connectivity index (χ0v) is 11.0. The van der Waals surface area contributed by atoms with Crippen LogP contribution < -0.4 is 9.47 Å². The smallest absolute Gasteiger partial charge is 0.397 e. The number of hydrogen-bond donors (Lipinski definition) is 0. The highest BCUT2D eigenvalue weighted by Crippen LogP contribution is 2.32. The number of benzene rings is 1. The number of alkyl halides is 2. The molecule has 2 nitrogen and oxygen atoms in total. The van der Waals surface area contributed by atoms with Crippen molar-refractivity contribution in [3.63, 3.8) is 0 Å². The van der Waals surface area contributed by atoms with Gasteiger partial charge in [0.1, 0.15) is 0 Å². The maximum atomic E-state index is 13.6. The molecule has 0 aliphatic heterocycles. The zero-order chi connectivity index (χ0) is 14.6. The van der Waals surface area contributed by atoms with Crippen molar-refractivity contribution in [3.8, 4) is 11.5 Å². The highest BCUT2D eigenvalue weighted by atomic mass is 19.3. The van der Waals surface area contributed by atoms with Gasteiger partial charge in [-0.05, 0) is 32.4 Å². The molecule has 1 aromatic rings. The Morgan fingerprint density at radius 2 is 1.63 bits per heavy atom. The average Bonchev–Trinajstić information content (AvgIpc) is 2.28. The van der Waals surface area contributed by atoms with E-state index in [2.05, 4.69) is 4.74 Å². The third-order valence-corrected chi connectivity index (χ3v) is 2.17. The molecule has 6 heteroatoms. The molecular formula is C13H16F4O2. The van der Waals surface area contributed by atoms with E-state index in [4.69, 9.17) is 4.74 Å². The van der Waals surface area contributed by atoms with Crippen LogP contribution in [0.25, 0.3) is 0 Å². The summed E-state index contributed by atoms with van der Waals surface area (Å²) in [7, 11) is 0. The Morgan fingerprint density at radius 3 is 2.16 bits per heavy atom. The fraction of sp³-hybridized carbons (Fsp3) is 0.538. The molecule has 0 aromatic heterocycles. The second kappa shape index (κ2) is 6.12. The van der Waals surface area contributed by atoms with Crippen LogP contribution in [0.4, 0.5) is 17.6 Å². The lowest BCUT2D eigenvalue weighted by atomic mass is 10.2. The molecule has 1 aromatic carbocycles. The van der Waals surface area contributed by atoms with Gasteiger partial charge >= 0.3 is 6.11 Å². The molecule has 0 N–H and O–H groups in total. The molecule has 0 saturated carbocycles. The largest absolute Gasteiger partial charge is 0.488 e. The predicted molar refractivity (Wildman–Crippen MR) is 62.6 cm³/mol. The summed E-state index contributed by atoms with van der Waals surface area (Å²) < 4.78 is 62.7. The minimum atomic E-state index is -3.53. The lowest BCUT2D eigenvalue weighted by molar-refractivity contribution is -0.182. The Balaban J connectivity index is 2.96. The average molecular weight is 280 g/mol. The lowest BCUT2D eigenvalue weighted by Crippen LogP contribution is -2.25. The van der Waals surface area contributed by atoms with E-state index in [1.165, 1.54) is 6.92 Å². The molecule has 0 radical (unpaired) electrons. The fourth-order valence-corrected chi connectivity index (χ4v) is 1.44. The maximum Gasteiger partial charge on any atom is 0.397 e. The molecule has 0 saturated heterocycles. The first kappa shape index (κ1) is 15.6. The molecule has 0 spiro atoms. The van der Waals surface area contributed by atoms with E-state index in [-0.39, 0.29) is 18.3 Å². The van der Waals surface area contributed by atoms with Crippen LogP contribution in [0.2, 0.25) is 0 Å². The van der Waals surface area contributed by atoms with Crippen LogP contribution in [0.3, 0.4) is 0 Å². The van der Waals surface area contributed by atoms with Crippen LogP contribution >= 0.6 is 0 Å². The molecule has 0 amide bonds. The van der Waals surface area contributed by atoms with E-state index in [0.29, 0.717) is 0 Å². The quantitative estimate of drug-likeness (QED) is 0.713. The molecule has 19 heavy (non-hydrogen) atoms. The summed E-state index contributed by atoms with van der Waals surface area (Å²) in [6.07, 6.45) is -4.30. The highest BCUT2D eigenvalue weighted by Gasteiger charge is 2.32. The van der Waals surface area contributed by atoms with Gasteiger partial charge in [-0.25, -0.2) is 0 Å². The first-order chi connectivity index (χ1) is 8.76. The molecule has 1 rings (SSSR count). The maximum absolute atomic E-state index is 13.6. The van der Waals surface area contributed by atoms with Crippen LogP contribution in [0.15, 0.2) is 12.1 Å². The Morgan fingerprint density at radius 1 is 1.11 bits per heavy atom. The summed E-state index contributed by atoms with van der Waals surface area (Å²) in [5, 5.41) is 0. The summed E-state index contributed by atoms with van der Waals surface area (Å²) >= 11 is 0. The molecule has 0 heterocycles. The minimum absolute atomic E-state index is 0.158. The van der Waals surface area contributed by atoms with Crippen LogP contribution in [-0.4, -0.2) is 12.2 Å². The molecular weight excluding hydrogens is 264 g/mol. The summed E-state index contributed by atoms with van der Waals surface area (Å²) in [4.78, 5) is 0. The van der Waals surface area contributed by atoms with E-state index in [1.54, 1.807) is 13.8 Å². The van der Waals surface area contributed by atoms with Crippen LogP contribution in [-0.2, 0) is 0 Å². The predicted octanol–water partition coefficient (Wildman–Crippen LogP) is 4.52. The number of ether oxygens (including phenoxy) is 2. The Bertz CT molecular complexity index is 433. The lowest BCUT2D eigenvalue weighted by Gasteiger charge is -2.18. The van der Waals surface area contributed by atoms with Crippen molar-refractivity contribution in [1.82, 2.24) is 0 Å². The zero-order valence-electron chi connectivity index (χ0n) is 11.0. The topological polar surface area (TPSA) is 18.5 Å². The Kier molecular flexibility index (Phi) is 5.03. The first-order valence-electron chi connectivity index (χ1n) is 5.98. The third kappa shape index (κ3) is 4.29. The van der Waals surface area contributed by atoms with Gasteiger partial charge in [-0.1, -0.05) is 6.92 Å². The van der Waals surface area contributed by atoms with Crippen LogP contribution in [0, 0.1) is 11.6 Å². The molecule has 0 aliphatic carbocycles. The van der Waals surface area contributed by atoms with E-state index in [1.807, 2.05) is 0 Å². The van der Waals surface area contributed by atoms with Crippen molar-refractivity contribution in [1.29, 1.82) is 0 Å². The molecule has 0 unspecified atom stereocenters. The summed E-state index contributed by atoms with van der Waals surface area (Å²) in [6.45, 7) is 4.81. The van der Waals surface area contributed by atoms with Gasteiger partial charge in [0.15, 0.2) is 11.5 Å². The van der Waals surface area contributed by atoms with E-state index >= 15 is 0 Å². The Labute approximate surface area is 109 Å². The van der Waals surface area contributed by atoms with Gasteiger partial charge in [-0.15, -0.1) is 0 Å². The Hall–Kier alpha value is -1.46. The summed E-state index contributed by atoms with van der Waals surface area (Å²) in [5.41, 5.74) is 0. The SMILES string of the molecule is CCCC(F)(F)Oc1ccc(OC(C)C)c(F)c1F. The standard InChI is InChI=1S/C13H16F4O2/c1-4-7-13(16,17)19-10-6-5-9(18-8(2)3)11(14)12(10)15/h5-6,8H,4,7H2,1-3H3. The van der Waals surface area contributed by atoms with Crippen molar-refractivity contribution in [2.24, 2.45) is 0 Å². The number of halogens is 4. The second-order valence-corrected chi connectivity index (χ2v) is 4.35. The summed E-state index contributed by atoms with van der Waals surface area (Å²) in [6, 6.07) is 2.00. The summed E-state index contributed by atoms with van der Waals surface area (Å²) in [5.74, 6) is -3.97. The fourth-order valence-electron chi connectivity index (χ4n) is 1.44. The number of hydrogen-bond acceptors (Lipinski definition) is 2. The normalized spacial score (nSPS) is 11.8. The number of rotatable bonds is 6. The van der Waals surface area contributed by atoms with Gasteiger partial charge < -0.3 is 9.47 Å². The monoisotopic (exact) mass is 280 g/mol. The van der Waals surface area contributed by atoms with Gasteiger partial charge in [0.05, 0.1) is 12.5 Å². The van der Waals surface area contributed by atoms with Gasteiger partial charge in [-0.2, -0.15) is 17.6 Å². The van der Waals surface area contributed by atoms with Crippen LogP contribution in [0.5, 0.6) is 11.5 Å². The van der Waals surface area contributed by atoms with Gasteiger partial charge in [0, 0.05) is 0 Å². The molecule has 0 fully saturated rings. The van der Waals surface area contributed by atoms with Crippen LogP contribution in [0.1, 0.15) is 33.6 Å². The molecule has 0 atom stereocenters.